The Balaban J connectivity index is 0.00000300. The second kappa shape index (κ2) is 11.6. The van der Waals surface area contributed by atoms with E-state index in [-0.39, 0.29) is 29.9 Å². The molecule has 1 fully saturated rings. The first kappa shape index (κ1) is 22.9. The van der Waals surface area contributed by atoms with Crippen LogP contribution in [-0.4, -0.2) is 71.3 Å². The van der Waals surface area contributed by atoms with Gasteiger partial charge in [-0.15, -0.1) is 24.0 Å². The number of aromatic nitrogens is 3. The number of carbonyl (C=O) groups is 1. The Morgan fingerprint density at radius 2 is 1.93 bits per heavy atom. The number of nitrogens with one attached hydrogen (secondary N) is 2. The van der Waals surface area contributed by atoms with E-state index in [1.807, 2.05) is 40.9 Å². The number of halogens is 1. The molecule has 0 unspecified atom stereocenters. The number of rotatable bonds is 6. The lowest BCUT2D eigenvalue weighted by molar-refractivity contribution is -0.131. The molecule has 29 heavy (non-hydrogen) atoms. The number of aliphatic imine (C=N–C) groups is 1. The second-order valence-electron chi connectivity index (χ2n) is 6.60. The molecule has 1 amide bonds. The summed E-state index contributed by atoms with van der Waals surface area (Å²) < 4.78 is 1.81. The van der Waals surface area contributed by atoms with E-state index < -0.39 is 0 Å². The zero-order valence-electron chi connectivity index (χ0n) is 16.9. The predicted molar refractivity (Wildman–Crippen MR) is 124 cm³/mol. The van der Waals surface area contributed by atoms with Gasteiger partial charge in [-0.25, -0.2) is 4.98 Å². The number of hydrogen-bond acceptors (Lipinski definition) is 5. The average Bonchev–Trinajstić information content (AvgIpc) is 3.16. The van der Waals surface area contributed by atoms with Crippen LogP contribution >= 0.6 is 24.0 Å². The average molecular weight is 512 g/mol. The summed E-state index contributed by atoms with van der Waals surface area (Å²) in [5, 5.41) is 10.6. The van der Waals surface area contributed by atoms with Crippen molar-refractivity contribution in [3.05, 3.63) is 42.4 Å². The van der Waals surface area contributed by atoms with E-state index in [1.165, 1.54) is 0 Å². The van der Waals surface area contributed by atoms with Gasteiger partial charge in [0, 0.05) is 65.6 Å². The maximum atomic E-state index is 12.5. The summed E-state index contributed by atoms with van der Waals surface area (Å²) in [4.78, 5) is 25.2. The topological polar surface area (TPSA) is 90.7 Å². The molecular formula is C19H29IN8O. The smallest absolute Gasteiger partial charge is 0.224 e. The first-order valence-electron chi connectivity index (χ1n) is 9.52. The van der Waals surface area contributed by atoms with Crippen LogP contribution < -0.4 is 15.5 Å². The number of aryl methyl sites for hydroxylation is 1. The fourth-order valence-electron chi connectivity index (χ4n) is 3.14. The zero-order chi connectivity index (χ0) is 19.8. The number of anilines is 1. The van der Waals surface area contributed by atoms with Gasteiger partial charge < -0.3 is 20.4 Å². The van der Waals surface area contributed by atoms with Gasteiger partial charge in [-0.3, -0.25) is 14.5 Å². The van der Waals surface area contributed by atoms with Gasteiger partial charge in [0.15, 0.2) is 5.96 Å². The molecule has 0 aromatic carbocycles. The number of guanidine groups is 1. The van der Waals surface area contributed by atoms with Crippen LogP contribution in [0.4, 0.5) is 5.82 Å². The van der Waals surface area contributed by atoms with E-state index in [1.54, 1.807) is 19.4 Å². The normalized spacial score (nSPS) is 14.3. The van der Waals surface area contributed by atoms with Gasteiger partial charge in [-0.2, -0.15) is 5.10 Å². The van der Waals surface area contributed by atoms with Crippen molar-refractivity contribution in [3.8, 4) is 0 Å². The first-order valence-corrected chi connectivity index (χ1v) is 9.52. The molecule has 0 radical (unpaired) electrons. The van der Waals surface area contributed by atoms with Gasteiger partial charge in [0.2, 0.25) is 5.91 Å². The van der Waals surface area contributed by atoms with Crippen LogP contribution in [0.3, 0.4) is 0 Å². The van der Waals surface area contributed by atoms with Crippen LogP contribution in [-0.2, 0) is 18.4 Å². The maximum absolute atomic E-state index is 12.5. The Morgan fingerprint density at radius 1 is 1.14 bits per heavy atom. The van der Waals surface area contributed by atoms with Gasteiger partial charge in [-0.1, -0.05) is 6.07 Å². The molecule has 3 heterocycles. The Morgan fingerprint density at radius 3 is 2.55 bits per heavy atom. The minimum atomic E-state index is 0. The third kappa shape index (κ3) is 6.58. The Bertz CT molecular complexity index is 787. The van der Waals surface area contributed by atoms with E-state index in [0.717, 1.165) is 37.7 Å². The largest absolute Gasteiger partial charge is 0.356 e. The molecule has 10 heteroatoms. The summed E-state index contributed by atoms with van der Waals surface area (Å²) in [7, 11) is 3.62. The van der Waals surface area contributed by atoms with Crippen LogP contribution in [0, 0.1) is 0 Å². The fourth-order valence-corrected chi connectivity index (χ4v) is 3.14. The van der Waals surface area contributed by atoms with E-state index in [4.69, 9.17) is 0 Å². The van der Waals surface area contributed by atoms with Crippen LogP contribution in [0.15, 0.2) is 41.7 Å². The number of amides is 1. The second-order valence-corrected chi connectivity index (χ2v) is 6.60. The first-order chi connectivity index (χ1) is 13.7. The molecule has 2 aromatic rings. The SMILES string of the molecule is CN=C(NCCC(=O)N1CCN(c2ccccn2)CC1)NCc1ccnn1C.I. The van der Waals surface area contributed by atoms with Crippen molar-refractivity contribution in [2.45, 2.75) is 13.0 Å². The van der Waals surface area contributed by atoms with Crippen molar-refractivity contribution >= 4 is 41.7 Å². The molecule has 0 aliphatic carbocycles. The standard InChI is InChI=1S/C19H28N8O.HI/c1-20-19(23-15-16-6-10-24-25(16)2)22-9-7-18(28)27-13-11-26(12-14-27)17-5-3-4-8-21-17;/h3-6,8,10H,7,9,11-15H2,1-2H3,(H2,20,22,23);1H. The number of carbonyl (C=O) groups excluding carboxylic acids is 1. The summed E-state index contributed by atoms with van der Waals surface area (Å²) in [6.07, 6.45) is 4.00. The van der Waals surface area contributed by atoms with Gasteiger partial charge in [0.25, 0.3) is 0 Å². The number of nitrogens with zero attached hydrogens (tertiary/aromatic N) is 6. The highest BCUT2D eigenvalue weighted by atomic mass is 127. The van der Waals surface area contributed by atoms with Crippen molar-refractivity contribution in [3.63, 3.8) is 0 Å². The lowest BCUT2D eigenvalue weighted by atomic mass is 10.2. The van der Waals surface area contributed by atoms with Crippen LogP contribution in [0.5, 0.6) is 0 Å². The van der Waals surface area contributed by atoms with Gasteiger partial charge >= 0.3 is 0 Å². The molecule has 0 atom stereocenters. The lowest BCUT2D eigenvalue weighted by Gasteiger charge is -2.35. The Hall–Kier alpha value is -2.37. The minimum absolute atomic E-state index is 0. The monoisotopic (exact) mass is 512 g/mol. The van der Waals surface area contributed by atoms with Crippen LogP contribution in [0.1, 0.15) is 12.1 Å². The molecule has 1 saturated heterocycles. The molecule has 0 spiro atoms. The van der Waals surface area contributed by atoms with E-state index in [2.05, 4.69) is 30.6 Å². The molecular weight excluding hydrogens is 483 g/mol. The van der Waals surface area contributed by atoms with Crippen molar-refractivity contribution in [2.24, 2.45) is 12.0 Å². The minimum Gasteiger partial charge on any atom is -0.356 e. The Labute approximate surface area is 188 Å². The van der Waals surface area contributed by atoms with Crippen LogP contribution in [0.25, 0.3) is 0 Å². The van der Waals surface area contributed by atoms with E-state index in [9.17, 15) is 4.79 Å². The fraction of sp³-hybridized carbons (Fsp3) is 0.474. The highest BCUT2D eigenvalue weighted by molar-refractivity contribution is 14.0. The summed E-state index contributed by atoms with van der Waals surface area (Å²) in [5.41, 5.74) is 1.06. The molecule has 0 bridgehead atoms. The van der Waals surface area contributed by atoms with Crippen molar-refractivity contribution < 1.29 is 4.79 Å². The molecule has 1 aliphatic heterocycles. The molecule has 2 aromatic heterocycles. The highest BCUT2D eigenvalue weighted by Gasteiger charge is 2.21. The third-order valence-corrected chi connectivity index (χ3v) is 4.82. The van der Waals surface area contributed by atoms with Crippen LogP contribution in [0.2, 0.25) is 0 Å². The summed E-state index contributed by atoms with van der Waals surface area (Å²) in [6, 6.07) is 7.86. The van der Waals surface area contributed by atoms with Gasteiger partial charge in [-0.05, 0) is 18.2 Å². The third-order valence-electron chi connectivity index (χ3n) is 4.82. The quantitative estimate of drug-likeness (QED) is 0.339. The van der Waals surface area contributed by atoms with Crippen molar-refractivity contribution in [1.29, 1.82) is 0 Å². The van der Waals surface area contributed by atoms with E-state index in [0.29, 0.717) is 25.5 Å². The predicted octanol–water partition coefficient (Wildman–Crippen LogP) is 0.837. The molecule has 158 valence electrons. The number of hydrogen-bond donors (Lipinski definition) is 2. The van der Waals surface area contributed by atoms with Crippen molar-refractivity contribution in [2.75, 3.05) is 44.7 Å². The molecule has 3 rings (SSSR count). The maximum Gasteiger partial charge on any atom is 0.224 e. The number of pyridine rings is 1. The summed E-state index contributed by atoms with van der Waals surface area (Å²) >= 11 is 0. The number of piperazine rings is 1. The lowest BCUT2D eigenvalue weighted by Crippen LogP contribution is -2.49. The van der Waals surface area contributed by atoms with Crippen molar-refractivity contribution in [1.82, 2.24) is 30.3 Å². The van der Waals surface area contributed by atoms with E-state index >= 15 is 0 Å². The molecule has 9 nitrogen and oxygen atoms in total. The van der Waals surface area contributed by atoms with Gasteiger partial charge in [0.1, 0.15) is 5.82 Å². The van der Waals surface area contributed by atoms with Gasteiger partial charge in [0.05, 0.1) is 12.2 Å². The highest BCUT2D eigenvalue weighted by Crippen LogP contribution is 2.12. The molecule has 2 N–H and O–H groups in total. The summed E-state index contributed by atoms with van der Waals surface area (Å²) in [5.74, 6) is 1.81. The molecule has 0 saturated carbocycles. The molecule has 1 aliphatic rings. The Kier molecular flexibility index (Phi) is 9.16. The zero-order valence-corrected chi connectivity index (χ0v) is 19.2. The summed E-state index contributed by atoms with van der Waals surface area (Å²) in [6.45, 7) is 4.24.